The zero-order chi connectivity index (χ0) is 23.0. The van der Waals surface area contributed by atoms with Crippen molar-refractivity contribution in [3.63, 3.8) is 0 Å². The molecule has 0 atom stereocenters. The van der Waals surface area contributed by atoms with E-state index >= 15 is 0 Å². The minimum Gasteiger partial charge on any atom is -0.493 e. The second-order valence-electron chi connectivity index (χ2n) is 8.02. The Kier molecular flexibility index (Phi) is 7.25. The monoisotopic (exact) mass is 443 g/mol. The molecule has 1 amide bonds. The minimum absolute atomic E-state index is 0.0337. The van der Waals surface area contributed by atoms with E-state index in [1.54, 1.807) is 0 Å². The number of imidazole rings is 1. The smallest absolute Gasteiger partial charge is 0.258 e. The SMILES string of the molecule is Cc1ccc(OCCCn2c(CNC(=O)COc3ccccc3)nc3ccccc32)c(C)c1. The first kappa shape index (κ1) is 22.4. The van der Waals surface area contributed by atoms with E-state index in [0.29, 0.717) is 18.9 Å². The molecule has 4 rings (SSSR count). The molecule has 0 bridgehead atoms. The van der Waals surface area contributed by atoms with Crippen LogP contribution in [0.25, 0.3) is 11.0 Å². The van der Waals surface area contributed by atoms with Crippen LogP contribution >= 0.6 is 0 Å². The van der Waals surface area contributed by atoms with E-state index in [2.05, 4.69) is 41.9 Å². The Morgan fingerprint density at radius 3 is 2.58 bits per heavy atom. The van der Waals surface area contributed by atoms with Crippen molar-refractivity contribution in [3.8, 4) is 11.5 Å². The molecule has 170 valence electrons. The Hall–Kier alpha value is -3.80. The molecule has 0 saturated heterocycles. The number of nitrogens with one attached hydrogen (secondary N) is 1. The number of fused-ring (bicyclic) bond motifs is 1. The van der Waals surface area contributed by atoms with Gasteiger partial charge in [0, 0.05) is 6.54 Å². The first-order valence-corrected chi connectivity index (χ1v) is 11.2. The lowest BCUT2D eigenvalue weighted by Gasteiger charge is -2.12. The maximum atomic E-state index is 12.3. The van der Waals surface area contributed by atoms with Crippen LogP contribution in [-0.2, 0) is 17.9 Å². The first-order chi connectivity index (χ1) is 16.1. The first-order valence-electron chi connectivity index (χ1n) is 11.2. The van der Waals surface area contributed by atoms with Crippen molar-refractivity contribution >= 4 is 16.9 Å². The predicted octanol–water partition coefficient (Wildman–Crippen LogP) is 4.82. The minimum atomic E-state index is -0.185. The molecule has 1 aromatic heterocycles. The van der Waals surface area contributed by atoms with Gasteiger partial charge < -0.3 is 19.4 Å². The number of benzene rings is 3. The molecule has 0 radical (unpaired) electrons. The van der Waals surface area contributed by atoms with E-state index in [4.69, 9.17) is 14.5 Å². The maximum Gasteiger partial charge on any atom is 0.258 e. The normalized spacial score (nSPS) is 10.8. The number of carbonyl (C=O) groups is 1. The Morgan fingerprint density at radius 2 is 1.76 bits per heavy atom. The van der Waals surface area contributed by atoms with Crippen molar-refractivity contribution in [2.45, 2.75) is 33.4 Å². The van der Waals surface area contributed by atoms with Crippen LogP contribution in [0.15, 0.2) is 72.8 Å². The highest BCUT2D eigenvalue weighted by atomic mass is 16.5. The van der Waals surface area contributed by atoms with Gasteiger partial charge in [0.2, 0.25) is 0 Å². The van der Waals surface area contributed by atoms with Crippen LogP contribution < -0.4 is 14.8 Å². The molecule has 3 aromatic carbocycles. The molecular weight excluding hydrogens is 414 g/mol. The predicted molar refractivity (Wildman–Crippen MR) is 130 cm³/mol. The quantitative estimate of drug-likeness (QED) is 0.357. The third-order valence-corrected chi connectivity index (χ3v) is 5.40. The Labute approximate surface area is 194 Å². The van der Waals surface area contributed by atoms with Gasteiger partial charge in [-0.05, 0) is 56.2 Å². The molecule has 0 aliphatic heterocycles. The molecule has 1 N–H and O–H groups in total. The van der Waals surface area contributed by atoms with Crippen LogP contribution in [0.3, 0.4) is 0 Å². The Morgan fingerprint density at radius 1 is 0.970 bits per heavy atom. The largest absolute Gasteiger partial charge is 0.493 e. The van der Waals surface area contributed by atoms with Crippen LogP contribution in [0.5, 0.6) is 11.5 Å². The van der Waals surface area contributed by atoms with Gasteiger partial charge in [-0.15, -0.1) is 0 Å². The van der Waals surface area contributed by atoms with Gasteiger partial charge in [-0.25, -0.2) is 4.98 Å². The summed E-state index contributed by atoms with van der Waals surface area (Å²) in [5.41, 5.74) is 4.33. The zero-order valence-corrected chi connectivity index (χ0v) is 19.1. The standard InChI is InChI=1S/C27H29N3O3/c1-20-13-14-25(21(2)17-20)32-16-8-15-30-24-12-7-6-11-23(24)29-26(30)18-28-27(31)19-33-22-9-4-3-5-10-22/h3-7,9-14,17H,8,15-16,18-19H2,1-2H3,(H,28,31). The van der Waals surface area contributed by atoms with Crippen LogP contribution in [-0.4, -0.2) is 28.7 Å². The number of rotatable bonds is 10. The molecule has 0 aliphatic rings. The fourth-order valence-corrected chi connectivity index (χ4v) is 3.77. The Bertz CT molecular complexity index is 1220. The Balaban J connectivity index is 1.35. The second-order valence-corrected chi connectivity index (χ2v) is 8.02. The van der Waals surface area contributed by atoms with Gasteiger partial charge in [0.25, 0.3) is 5.91 Å². The summed E-state index contributed by atoms with van der Waals surface area (Å²) < 4.78 is 13.7. The van der Waals surface area contributed by atoms with Gasteiger partial charge in [0.1, 0.15) is 17.3 Å². The topological polar surface area (TPSA) is 65.4 Å². The van der Waals surface area contributed by atoms with Crippen molar-refractivity contribution in [2.24, 2.45) is 0 Å². The molecule has 1 heterocycles. The van der Waals surface area contributed by atoms with Gasteiger partial charge in [-0.1, -0.05) is 48.0 Å². The summed E-state index contributed by atoms with van der Waals surface area (Å²) in [6.07, 6.45) is 0.825. The highest BCUT2D eigenvalue weighted by molar-refractivity contribution is 5.78. The average Bonchev–Trinajstić information content (AvgIpc) is 3.18. The third-order valence-electron chi connectivity index (χ3n) is 5.40. The highest BCUT2D eigenvalue weighted by Gasteiger charge is 2.12. The summed E-state index contributed by atoms with van der Waals surface area (Å²) in [7, 11) is 0. The number of hydrogen-bond donors (Lipinski definition) is 1. The van der Waals surface area contributed by atoms with Crippen LogP contribution in [0, 0.1) is 13.8 Å². The zero-order valence-electron chi connectivity index (χ0n) is 19.1. The summed E-state index contributed by atoms with van der Waals surface area (Å²) in [5, 5.41) is 2.92. The fourth-order valence-electron chi connectivity index (χ4n) is 3.77. The number of ether oxygens (including phenoxy) is 2. The van der Waals surface area contributed by atoms with Crippen molar-refractivity contribution < 1.29 is 14.3 Å². The lowest BCUT2D eigenvalue weighted by atomic mass is 10.1. The molecule has 6 nitrogen and oxygen atoms in total. The summed E-state index contributed by atoms with van der Waals surface area (Å²) in [6.45, 7) is 5.80. The number of nitrogens with zero attached hydrogens (tertiary/aromatic N) is 2. The van der Waals surface area contributed by atoms with Crippen molar-refractivity contribution in [2.75, 3.05) is 13.2 Å². The number of aryl methyl sites for hydroxylation is 3. The highest BCUT2D eigenvalue weighted by Crippen LogP contribution is 2.20. The molecule has 0 fully saturated rings. The van der Waals surface area contributed by atoms with Gasteiger partial charge in [-0.3, -0.25) is 4.79 Å². The van der Waals surface area contributed by atoms with Crippen LogP contribution in [0.1, 0.15) is 23.4 Å². The molecule has 0 saturated carbocycles. The number of aromatic nitrogens is 2. The number of hydrogen-bond acceptors (Lipinski definition) is 4. The maximum absolute atomic E-state index is 12.3. The fraction of sp³-hybridized carbons (Fsp3) is 0.259. The van der Waals surface area contributed by atoms with Gasteiger partial charge in [0.05, 0.1) is 24.2 Å². The number of para-hydroxylation sites is 3. The molecule has 0 aliphatic carbocycles. The lowest BCUT2D eigenvalue weighted by molar-refractivity contribution is -0.123. The third kappa shape index (κ3) is 5.92. The molecule has 6 heteroatoms. The van der Waals surface area contributed by atoms with E-state index in [9.17, 15) is 4.79 Å². The van der Waals surface area contributed by atoms with E-state index in [1.165, 1.54) is 5.56 Å². The van der Waals surface area contributed by atoms with E-state index < -0.39 is 0 Å². The van der Waals surface area contributed by atoms with Crippen molar-refractivity contribution in [1.82, 2.24) is 14.9 Å². The van der Waals surface area contributed by atoms with E-state index in [0.717, 1.165) is 41.1 Å². The second kappa shape index (κ2) is 10.7. The average molecular weight is 444 g/mol. The lowest BCUT2D eigenvalue weighted by Crippen LogP contribution is -2.29. The summed E-state index contributed by atoms with van der Waals surface area (Å²) in [5.74, 6) is 2.22. The number of amides is 1. The van der Waals surface area contributed by atoms with Crippen molar-refractivity contribution in [3.05, 3.63) is 89.7 Å². The summed E-state index contributed by atoms with van der Waals surface area (Å²) >= 11 is 0. The summed E-state index contributed by atoms with van der Waals surface area (Å²) in [4.78, 5) is 17.0. The molecule has 33 heavy (non-hydrogen) atoms. The summed E-state index contributed by atoms with van der Waals surface area (Å²) in [6, 6.07) is 23.5. The van der Waals surface area contributed by atoms with Gasteiger partial charge in [-0.2, -0.15) is 0 Å². The van der Waals surface area contributed by atoms with Gasteiger partial charge >= 0.3 is 0 Å². The molecule has 0 spiro atoms. The van der Waals surface area contributed by atoms with Crippen molar-refractivity contribution in [1.29, 1.82) is 0 Å². The van der Waals surface area contributed by atoms with Gasteiger partial charge in [0.15, 0.2) is 6.61 Å². The van der Waals surface area contributed by atoms with E-state index in [-0.39, 0.29) is 12.5 Å². The van der Waals surface area contributed by atoms with Crippen LogP contribution in [0.4, 0.5) is 0 Å². The molecule has 0 unspecified atom stereocenters. The van der Waals surface area contributed by atoms with Crippen LogP contribution in [0.2, 0.25) is 0 Å². The van der Waals surface area contributed by atoms with E-state index in [1.807, 2.05) is 54.6 Å². The molecular formula is C27H29N3O3. The number of carbonyl (C=O) groups excluding carboxylic acids is 1. The molecule has 4 aromatic rings.